The number of anilines is 1. The molecular formula is C15H21N3O. The number of rotatable bonds is 5. The Morgan fingerprint density at radius 3 is 2.63 bits per heavy atom. The van der Waals surface area contributed by atoms with E-state index in [4.69, 9.17) is 10.5 Å². The minimum atomic E-state index is 0.692. The van der Waals surface area contributed by atoms with Crippen molar-refractivity contribution < 1.29 is 4.74 Å². The second-order valence-electron chi connectivity index (χ2n) is 4.56. The fourth-order valence-electron chi connectivity index (χ4n) is 2.19. The average Bonchev–Trinajstić information content (AvgIpc) is 2.81. The maximum absolute atomic E-state index is 5.85. The lowest BCUT2D eigenvalue weighted by molar-refractivity contribution is 0.407. The highest BCUT2D eigenvalue weighted by atomic mass is 16.5. The van der Waals surface area contributed by atoms with E-state index in [0.717, 1.165) is 35.5 Å². The van der Waals surface area contributed by atoms with Gasteiger partial charge in [0, 0.05) is 16.9 Å². The van der Waals surface area contributed by atoms with Crippen molar-refractivity contribution in [2.75, 3.05) is 12.8 Å². The molecule has 0 aliphatic carbocycles. The van der Waals surface area contributed by atoms with Crippen molar-refractivity contribution in [3.8, 4) is 5.75 Å². The molecule has 2 rings (SSSR count). The Balaban J connectivity index is 2.34. The zero-order chi connectivity index (χ0) is 13.8. The Bertz CT molecular complexity index is 561. The highest BCUT2D eigenvalue weighted by Gasteiger charge is 2.09. The summed E-state index contributed by atoms with van der Waals surface area (Å²) in [5.74, 6) is 0.852. The van der Waals surface area contributed by atoms with Gasteiger partial charge in [0.25, 0.3) is 0 Å². The quantitative estimate of drug-likeness (QED) is 0.840. The van der Waals surface area contributed by atoms with Crippen LogP contribution >= 0.6 is 0 Å². The zero-order valence-corrected chi connectivity index (χ0v) is 11.8. The van der Waals surface area contributed by atoms with E-state index >= 15 is 0 Å². The minimum absolute atomic E-state index is 0.692. The number of nitrogens with zero attached hydrogens (tertiary/aromatic N) is 2. The Morgan fingerprint density at radius 1 is 1.21 bits per heavy atom. The number of aromatic nitrogens is 2. The molecule has 4 nitrogen and oxygen atoms in total. The third-order valence-electron chi connectivity index (χ3n) is 3.26. The molecule has 0 radical (unpaired) electrons. The first-order valence-electron chi connectivity index (χ1n) is 6.65. The van der Waals surface area contributed by atoms with E-state index in [1.54, 1.807) is 7.11 Å². The molecule has 1 heterocycles. The average molecular weight is 259 g/mol. The standard InChI is InChI=1S/C15H21N3O/c1-4-13-9-14(5-2)18(17-13)10-11-8-12(16)6-7-15(11)19-3/h6-9H,4-5,10,16H2,1-3H3. The van der Waals surface area contributed by atoms with Gasteiger partial charge in [-0.25, -0.2) is 0 Å². The van der Waals surface area contributed by atoms with Gasteiger partial charge in [0.15, 0.2) is 0 Å². The number of hydrogen-bond acceptors (Lipinski definition) is 3. The molecule has 0 bridgehead atoms. The monoisotopic (exact) mass is 259 g/mol. The molecule has 0 saturated heterocycles. The van der Waals surface area contributed by atoms with Crippen LogP contribution in [0.4, 0.5) is 5.69 Å². The predicted molar refractivity (Wildman–Crippen MR) is 77.5 cm³/mol. The summed E-state index contributed by atoms with van der Waals surface area (Å²) in [4.78, 5) is 0. The van der Waals surface area contributed by atoms with Crippen molar-refractivity contribution in [2.24, 2.45) is 0 Å². The summed E-state index contributed by atoms with van der Waals surface area (Å²) in [6.45, 7) is 4.95. The fourth-order valence-corrected chi connectivity index (χ4v) is 2.19. The number of nitrogen functional groups attached to an aromatic ring is 1. The number of aryl methyl sites for hydroxylation is 2. The SMILES string of the molecule is CCc1cc(CC)n(Cc2cc(N)ccc2OC)n1. The summed E-state index contributed by atoms with van der Waals surface area (Å²) in [6, 6.07) is 7.87. The maximum Gasteiger partial charge on any atom is 0.124 e. The van der Waals surface area contributed by atoms with E-state index in [-0.39, 0.29) is 0 Å². The van der Waals surface area contributed by atoms with Crippen LogP contribution in [0.15, 0.2) is 24.3 Å². The molecule has 0 fully saturated rings. The molecule has 0 spiro atoms. The van der Waals surface area contributed by atoms with Gasteiger partial charge >= 0.3 is 0 Å². The lowest BCUT2D eigenvalue weighted by atomic mass is 10.1. The van der Waals surface area contributed by atoms with E-state index in [1.165, 1.54) is 5.69 Å². The Hall–Kier alpha value is -1.97. The van der Waals surface area contributed by atoms with Crippen LogP contribution in [0.2, 0.25) is 0 Å². The van der Waals surface area contributed by atoms with Gasteiger partial charge in [0.05, 0.1) is 19.3 Å². The number of ether oxygens (including phenoxy) is 1. The highest BCUT2D eigenvalue weighted by molar-refractivity contribution is 5.48. The molecule has 2 N–H and O–H groups in total. The summed E-state index contributed by atoms with van der Waals surface area (Å²) in [5.41, 5.74) is 10.0. The summed E-state index contributed by atoms with van der Waals surface area (Å²) < 4.78 is 7.42. The highest BCUT2D eigenvalue weighted by Crippen LogP contribution is 2.22. The fraction of sp³-hybridized carbons (Fsp3) is 0.400. The van der Waals surface area contributed by atoms with Gasteiger partial charge in [-0.15, -0.1) is 0 Å². The van der Waals surface area contributed by atoms with E-state index in [1.807, 2.05) is 22.9 Å². The van der Waals surface area contributed by atoms with Gasteiger partial charge in [-0.3, -0.25) is 4.68 Å². The molecular weight excluding hydrogens is 238 g/mol. The summed E-state index contributed by atoms with van der Waals surface area (Å²) in [5, 5.41) is 4.62. The van der Waals surface area contributed by atoms with Crippen molar-refractivity contribution in [2.45, 2.75) is 33.2 Å². The molecule has 1 aromatic carbocycles. The van der Waals surface area contributed by atoms with Crippen LogP contribution in [0.5, 0.6) is 5.75 Å². The van der Waals surface area contributed by atoms with E-state index in [9.17, 15) is 0 Å². The molecule has 2 aromatic rings. The van der Waals surface area contributed by atoms with Gasteiger partial charge in [0.1, 0.15) is 5.75 Å². The summed E-state index contributed by atoms with van der Waals surface area (Å²) in [6.07, 6.45) is 1.92. The number of nitrogens with two attached hydrogens (primary N) is 1. The van der Waals surface area contributed by atoms with Crippen LogP contribution < -0.4 is 10.5 Å². The first-order chi connectivity index (χ1) is 9.17. The van der Waals surface area contributed by atoms with Gasteiger partial charge in [-0.1, -0.05) is 13.8 Å². The normalized spacial score (nSPS) is 10.7. The van der Waals surface area contributed by atoms with Crippen LogP contribution in [-0.2, 0) is 19.4 Å². The number of methoxy groups -OCH3 is 1. The maximum atomic E-state index is 5.85. The van der Waals surface area contributed by atoms with Crippen LogP contribution in [0.25, 0.3) is 0 Å². The predicted octanol–water partition coefficient (Wildman–Crippen LogP) is 2.65. The van der Waals surface area contributed by atoms with Crippen molar-refractivity contribution in [1.29, 1.82) is 0 Å². The second kappa shape index (κ2) is 5.78. The summed E-state index contributed by atoms with van der Waals surface area (Å²) in [7, 11) is 1.68. The molecule has 102 valence electrons. The Labute approximate surface area is 114 Å². The lowest BCUT2D eigenvalue weighted by Gasteiger charge is -2.11. The third kappa shape index (κ3) is 2.89. The zero-order valence-electron chi connectivity index (χ0n) is 11.8. The van der Waals surface area contributed by atoms with Gasteiger partial charge in [-0.2, -0.15) is 5.10 Å². The van der Waals surface area contributed by atoms with Crippen LogP contribution in [0.1, 0.15) is 30.8 Å². The molecule has 0 amide bonds. The molecule has 0 saturated carbocycles. The third-order valence-corrected chi connectivity index (χ3v) is 3.26. The van der Waals surface area contributed by atoms with Crippen LogP contribution in [0, 0.1) is 0 Å². The smallest absolute Gasteiger partial charge is 0.124 e. The Morgan fingerprint density at radius 2 is 2.00 bits per heavy atom. The molecule has 0 unspecified atom stereocenters. The number of benzene rings is 1. The van der Waals surface area contributed by atoms with Gasteiger partial charge in [0.2, 0.25) is 0 Å². The number of hydrogen-bond donors (Lipinski definition) is 1. The second-order valence-corrected chi connectivity index (χ2v) is 4.56. The van der Waals surface area contributed by atoms with E-state index in [0.29, 0.717) is 6.54 Å². The molecule has 0 aliphatic rings. The molecule has 4 heteroatoms. The lowest BCUT2D eigenvalue weighted by Crippen LogP contribution is -2.07. The van der Waals surface area contributed by atoms with Gasteiger partial charge < -0.3 is 10.5 Å². The van der Waals surface area contributed by atoms with Crippen LogP contribution in [0.3, 0.4) is 0 Å². The van der Waals surface area contributed by atoms with E-state index in [2.05, 4.69) is 25.0 Å². The van der Waals surface area contributed by atoms with E-state index < -0.39 is 0 Å². The molecule has 19 heavy (non-hydrogen) atoms. The summed E-state index contributed by atoms with van der Waals surface area (Å²) >= 11 is 0. The topological polar surface area (TPSA) is 53.1 Å². The largest absolute Gasteiger partial charge is 0.496 e. The van der Waals surface area contributed by atoms with Crippen molar-refractivity contribution in [1.82, 2.24) is 9.78 Å². The van der Waals surface area contributed by atoms with Crippen molar-refractivity contribution in [3.63, 3.8) is 0 Å². The first-order valence-corrected chi connectivity index (χ1v) is 6.65. The van der Waals surface area contributed by atoms with Crippen molar-refractivity contribution in [3.05, 3.63) is 41.2 Å². The van der Waals surface area contributed by atoms with Crippen LogP contribution in [-0.4, -0.2) is 16.9 Å². The molecule has 1 aromatic heterocycles. The Kier molecular flexibility index (Phi) is 4.10. The molecule has 0 atom stereocenters. The first kappa shape index (κ1) is 13.5. The molecule has 0 aliphatic heterocycles. The minimum Gasteiger partial charge on any atom is -0.496 e. The van der Waals surface area contributed by atoms with Gasteiger partial charge in [-0.05, 0) is 37.1 Å². The van der Waals surface area contributed by atoms with Crippen molar-refractivity contribution >= 4 is 5.69 Å².